The quantitative estimate of drug-likeness (QED) is 0.144. The van der Waals surface area contributed by atoms with Gasteiger partial charge in [0.05, 0.1) is 43.7 Å². The van der Waals surface area contributed by atoms with Crippen LogP contribution in [0.3, 0.4) is 0 Å². The number of amides is 4. The number of nitrogens with zero attached hydrogens (tertiary/aromatic N) is 6. The van der Waals surface area contributed by atoms with Crippen LogP contribution in [0.1, 0.15) is 102 Å². The molecule has 7 rings (SSSR count). The minimum Gasteiger partial charge on any atom is -0.453 e. The fourth-order valence-corrected chi connectivity index (χ4v) is 8.64. The molecular formula is C42H56N10O6. The third kappa shape index (κ3) is 8.46. The van der Waals surface area contributed by atoms with E-state index in [1.165, 1.54) is 14.2 Å². The van der Waals surface area contributed by atoms with Crippen molar-refractivity contribution in [1.29, 1.82) is 0 Å². The van der Waals surface area contributed by atoms with Gasteiger partial charge in [0.2, 0.25) is 11.8 Å². The highest BCUT2D eigenvalue weighted by molar-refractivity contribution is 5.88. The number of rotatable bonds is 11. The maximum absolute atomic E-state index is 13.6. The summed E-state index contributed by atoms with van der Waals surface area (Å²) in [4.78, 5) is 78.6. The first-order valence-corrected chi connectivity index (χ1v) is 20.5. The molecule has 4 N–H and O–H groups in total. The number of carbonyl (C=O) groups excluding carboxylic acids is 4. The number of pyridine rings is 1. The zero-order chi connectivity index (χ0) is 41.1. The summed E-state index contributed by atoms with van der Waals surface area (Å²) < 4.78 is 9.54. The number of H-pyrrole nitrogens is 2. The van der Waals surface area contributed by atoms with Crippen LogP contribution < -0.4 is 15.5 Å². The average molecular weight is 797 g/mol. The summed E-state index contributed by atoms with van der Waals surface area (Å²) in [6.45, 7) is 10.6. The van der Waals surface area contributed by atoms with E-state index >= 15 is 0 Å². The number of nitrogens with one attached hydrogen (secondary N) is 4. The van der Waals surface area contributed by atoms with Gasteiger partial charge in [-0.3, -0.25) is 9.59 Å². The highest BCUT2D eigenvalue weighted by atomic mass is 16.5. The van der Waals surface area contributed by atoms with Crippen LogP contribution in [0.2, 0.25) is 0 Å². The molecule has 6 heterocycles. The number of ether oxygens (including phenoxy) is 2. The van der Waals surface area contributed by atoms with Crippen molar-refractivity contribution in [2.24, 2.45) is 11.8 Å². The molecule has 0 radical (unpaired) electrons. The number of fused-ring (bicyclic) bond motifs is 1. The molecule has 310 valence electrons. The molecule has 1 aromatic carbocycles. The van der Waals surface area contributed by atoms with Gasteiger partial charge in [0, 0.05) is 54.9 Å². The Balaban J connectivity index is 0.969. The van der Waals surface area contributed by atoms with Crippen LogP contribution in [0.15, 0.2) is 42.7 Å². The second-order valence-electron chi connectivity index (χ2n) is 16.3. The molecule has 0 aliphatic carbocycles. The zero-order valence-corrected chi connectivity index (χ0v) is 34.3. The third-order valence-corrected chi connectivity index (χ3v) is 11.9. The number of hydrogen-bond donors (Lipinski definition) is 4. The maximum atomic E-state index is 13.6. The topological polar surface area (TPSA) is 191 Å². The minimum atomic E-state index is -0.687. The Morgan fingerprint density at radius 1 is 0.724 bits per heavy atom. The van der Waals surface area contributed by atoms with Gasteiger partial charge in [-0.05, 0) is 74.6 Å². The Kier molecular flexibility index (Phi) is 12.2. The van der Waals surface area contributed by atoms with Crippen LogP contribution in [0, 0.1) is 11.8 Å². The lowest BCUT2D eigenvalue weighted by Gasteiger charge is -2.32. The van der Waals surface area contributed by atoms with E-state index in [0.717, 1.165) is 96.9 Å². The lowest BCUT2D eigenvalue weighted by atomic mass is 9.94. The van der Waals surface area contributed by atoms with Crippen molar-refractivity contribution in [3.63, 3.8) is 0 Å². The highest BCUT2D eigenvalue weighted by Crippen LogP contribution is 2.36. The summed E-state index contributed by atoms with van der Waals surface area (Å²) in [6.07, 6.45) is 7.72. The number of methoxy groups -OCH3 is 2. The summed E-state index contributed by atoms with van der Waals surface area (Å²) in [6, 6.07) is 8.66. The number of carbonyl (C=O) groups is 4. The number of imidazole rings is 2. The average Bonchev–Trinajstić information content (AvgIpc) is 4.07. The molecule has 3 aliphatic heterocycles. The zero-order valence-electron chi connectivity index (χ0n) is 34.3. The standard InChI is InChI=1S/C42H56N10O6/c1-24(2)35(48-41(55)57-5)39(53)51-17-7-9-32(51)37-43-22-30(46-37)26-15-19-50(20-16-26)34-14-12-27-21-28(11-13-29(27)45-34)31-23-44-38(47-31)33-10-8-18-52(33)40(54)36(25(3)4)49-42(56)58-6/h11-14,21-26,32-33,35-36H,7-10,15-20H2,1-6H3,(H,43,46)(H,44,47)(H,48,55)(H,49,56)/t32-,33-,35-,36-/m0/s1. The van der Waals surface area contributed by atoms with Crippen molar-refractivity contribution in [3.8, 4) is 11.3 Å². The van der Waals surface area contributed by atoms with Crippen molar-refractivity contribution in [3.05, 3.63) is 60.1 Å². The van der Waals surface area contributed by atoms with E-state index in [9.17, 15) is 19.2 Å². The van der Waals surface area contributed by atoms with Gasteiger partial charge in [-0.2, -0.15) is 0 Å². The Bertz CT molecular complexity index is 2110. The molecule has 16 heteroatoms. The van der Waals surface area contributed by atoms with Crippen LogP contribution in [-0.2, 0) is 19.1 Å². The fraction of sp³-hybridized carbons (Fsp3) is 0.548. The molecule has 3 aliphatic rings. The smallest absolute Gasteiger partial charge is 0.407 e. The molecule has 58 heavy (non-hydrogen) atoms. The van der Waals surface area contributed by atoms with Gasteiger partial charge in [-0.1, -0.05) is 33.8 Å². The number of aromatic nitrogens is 5. The Labute approximate surface area is 338 Å². The maximum Gasteiger partial charge on any atom is 0.407 e. The number of piperidine rings is 1. The predicted molar refractivity (Wildman–Crippen MR) is 218 cm³/mol. The predicted octanol–water partition coefficient (Wildman–Crippen LogP) is 5.82. The molecule has 4 atom stereocenters. The molecular weight excluding hydrogens is 741 g/mol. The molecule has 0 bridgehead atoms. The van der Waals surface area contributed by atoms with Crippen molar-refractivity contribution >= 4 is 40.7 Å². The van der Waals surface area contributed by atoms with E-state index in [-0.39, 0.29) is 35.7 Å². The third-order valence-electron chi connectivity index (χ3n) is 11.9. The van der Waals surface area contributed by atoms with Gasteiger partial charge in [-0.25, -0.2) is 24.5 Å². The van der Waals surface area contributed by atoms with Gasteiger partial charge < -0.3 is 44.8 Å². The number of anilines is 1. The van der Waals surface area contributed by atoms with Gasteiger partial charge in [-0.15, -0.1) is 0 Å². The molecule has 3 fully saturated rings. The van der Waals surface area contributed by atoms with Gasteiger partial charge in [0.15, 0.2) is 0 Å². The first-order valence-electron chi connectivity index (χ1n) is 20.5. The Morgan fingerprint density at radius 3 is 1.86 bits per heavy atom. The summed E-state index contributed by atoms with van der Waals surface area (Å²) in [5, 5.41) is 6.43. The van der Waals surface area contributed by atoms with Crippen molar-refractivity contribution < 1.29 is 28.7 Å². The van der Waals surface area contributed by atoms with E-state index in [1.54, 1.807) is 0 Å². The van der Waals surface area contributed by atoms with Gasteiger partial charge >= 0.3 is 12.2 Å². The van der Waals surface area contributed by atoms with Gasteiger partial charge in [0.1, 0.15) is 29.6 Å². The SMILES string of the molecule is COC(=O)N[C@H](C(=O)N1CCC[C@H]1c1ncc(-c2ccc3nc(N4CCC(c5cnc([C@@H]6CCCN6C(=O)[C@@H](NC(=O)OC)C(C)C)[nH]5)CC4)ccc3c2)[nH]1)C(C)C. The first-order chi connectivity index (χ1) is 27.9. The van der Waals surface area contributed by atoms with E-state index in [2.05, 4.69) is 43.7 Å². The number of aromatic amines is 2. The van der Waals surface area contributed by atoms with Gasteiger partial charge in [0.25, 0.3) is 0 Å². The van der Waals surface area contributed by atoms with Crippen LogP contribution in [-0.4, -0.2) is 111 Å². The summed E-state index contributed by atoms with van der Waals surface area (Å²) in [7, 11) is 2.59. The Morgan fingerprint density at radius 2 is 1.29 bits per heavy atom. The molecule has 0 saturated carbocycles. The Hall–Kier alpha value is -5.67. The second kappa shape index (κ2) is 17.4. The van der Waals surface area contributed by atoms with E-state index < -0.39 is 24.3 Å². The van der Waals surface area contributed by atoms with Crippen LogP contribution in [0.5, 0.6) is 0 Å². The highest BCUT2D eigenvalue weighted by Gasteiger charge is 2.39. The van der Waals surface area contributed by atoms with E-state index in [4.69, 9.17) is 24.4 Å². The number of alkyl carbamates (subject to hydrolysis) is 2. The molecule has 4 amide bonds. The molecule has 16 nitrogen and oxygen atoms in total. The molecule has 0 spiro atoms. The molecule has 0 unspecified atom stereocenters. The second-order valence-corrected chi connectivity index (χ2v) is 16.3. The van der Waals surface area contributed by atoms with E-state index in [0.29, 0.717) is 19.0 Å². The fourth-order valence-electron chi connectivity index (χ4n) is 8.64. The lowest BCUT2D eigenvalue weighted by molar-refractivity contribution is -0.136. The molecule has 3 saturated heterocycles. The van der Waals surface area contributed by atoms with Crippen LogP contribution in [0.4, 0.5) is 15.4 Å². The lowest BCUT2D eigenvalue weighted by Crippen LogP contribution is -2.51. The number of benzene rings is 1. The monoisotopic (exact) mass is 796 g/mol. The summed E-state index contributed by atoms with van der Waals surface area (Å²) in [5.74, 6) is 2.34. The minimum absolute atomic E-state index is 0.0890. The van der Waals surface area contributed by atoms with Crippen molar-refractivity contribution in [2.45, 2.75) is 96.3 Å². The number of likely N-dealkylation sites (tertiary alicyclic amines) is 2. The van der Waals surface area contributed by atoms with E-state index in [1.807, 2.05) is 62.0 Å². The summed E-state index contributed by atoms with van der Waals surface area (Å²) >= 11 is 0. The van der Waals surface area contributed by atoms with Crippen LogP contribution in [0.25, 0.3) is 22.2 Å². The largest absolute Gasteiger partial charge is 0.453 e. The first kappa shape index (κ1) is 40.5. The number of hydrogen-bond acceptors (Lipinski definition) is 10. The van der Waals surface area contributed by atoms with Crippen LogP contribution >= 0.6 is 0 Å². The van der Waals surface area contributed by atoms with Crippen molar-refractivity contribution in [2.75, 3.05) is 45.3 Å². The van der Waals surface area contributed by atoms with Crippen molar-refractivity contribution in [1.82, 2.24) is 45.4 Å². The summed E-state index contributed by atoms with van der Waals surface area (Å²) in [5.41, 5.74) is 3.83. The molecule has 3 aromatic heterocycles. The normalized spacial score (nSPS) is 19.8. The molecule has 4 aromatic rings.